The van der Waals surface area contributed by atoms with Gasteiger partial charge in [0.1, 0.15) is 11.6 Å². The zero-order valence-electron chi connectivity index (χ0n) is 13.6. The van der Waals surface area contributed by atoms with Crippen LogP contribution < -0.4 is 0 Å². The fourth-order valence-corrected chi connectivity index (χ4v) is 3.63. The summed E-state index contributed by atoms with van der Waals surface area (Å²) in [6, 6.07) is 11.9. The average molecular weight is 343 g/mol. The average Bonchev–Trinajstić information content (AvgIpc) is 3.21. The van der Waals surface area contributed by atoms with Crippen LogP contribution in [0.2, 0.25) is 0 Å². The van der Waals surface area contributed by atoms with Gasteiger partial charge in [-0.2, -0.15) is 5.10 Å². The van der Waals surface area contributed by atoms with E-state index < -0.39 is 17.7 Å². The third-order valence-corrected chi connectivity index (χ3v) is 4.86. The Balaban J connectivity index is 1.48. The first-order valence-electron chi connectivity index (χ1n) is 8.40. The van der Waals surface area contributed by atoms with Crippen LogP contribution in [0.3, 0.4) is 0 Å². The highest BCUT2D eigenvalue weighted by Gasteiger charge is 2.28. The van der Waals surface area contributed by atoms with Crippen molar-refractivity contribution in [1.82, 2.24) is 14.7 Å². The summed E-state index contributed by atoms with van der Waals surface area (Å²) in [7, 11) is 0. The molecule has 1 fully saturated rings. The van der Waals surface area contributed by atoms with E-state index in [0.717, 1.165) is 23.9 Å². The molecule has 3 aromatic rings. The van der Waals surface area contributed by atoms with Crippen LogP contribution in [-0.2, 0) is 0 Å². The lowest BCUT2D eigenvalue weighted by Gasteiger charge is -2.21. The summed E-state index contributed by atoms with van der Waals surface area (Å²) in [5.74, 6) is -1.41. The van der Waals surface area contributed by atoms with Gasteiger partial charge in [0.25, 0.3) is 0 Å². The van der Waals surface area contributed by atoms with Crippen molar-refractivity contribution >= 4 is 10.9 Å². The molecule has 0 radical (unpaired) electrons. The summed E-state index contributed by atoms with van der Waals surface area (Å²) in [6.45, 7) is 1.65. The van der Waals surface area contributed by atoms with E-state index in [9.17, 15) is 13.9 Å². The van der Waals surface area contributed by atoms with Crippen molar-refractivity contribution in [2.24, 2.45) is 0 Å². The van der Waals surface area contributed by atoms with Crippen molar-refractivity contribution in [3.63, 3.8) is 0 Å². The van der Waals surface area contributed by atoms with Gasteiger partial charge in [0.2, 0.25) is 0 Å². The predicted molar refractivity (Wildman–Crippen MR) is 91.1 cm³/mol. The first-order valence-corrected chi connectivity index (χ1v) is 8.40. The molecule has 1 aliphatic rings. The van der Waals surface area contributed by atoms with E-state index in [1.54, 1.807) is 0 Å². The lowest BCUT2D eigenvalue weighted by atomic mass is 10.1. The number of hydrogen-bond donors (Lipinski definition) is 1. The van der Waals surface area contributed by atoms with Gasteiger partial charge >= 0.3 is 0 Å². The molecule has 0 bridgehead atoms. The molecule has 4 nitrogen and oxygen atoms in total. The summed E-state index contributed by atoms with van der Waals surface area (Å²) in [4.78, 5) is 2.03. The molecule has 4 rings (SSSR count). The summed E-state index contributed by atoms with van der Waals surface area (Å²) in [5.41, 5.74) is 0.825. The van der Waals surface area contributed by atoms with Crippen LogP contribution in [0.5, 0.6) is 0 Å². The maximum atomic E-state index is 13.8. The standard InChI is InChI=1S/C19H19F2N3O/c20-15-5-3-6-16(21)19(15)18(25)12-23-9-8-14(11-23)24-17-7-2-1-4-13(17)10-22-24/h1-7,10,14,18,25H,8-9,11-12H2. The molecule has 0 amide bonds. The summed E-state index contributed by atoms with van der Waals surface area (Å²) >= 11 is 0. The number of fused-ring (bicyclic) bond motifs is 1. The van der Waals surface area contributed by atoms with Crippen LogP contribution in [0, 0.1) is 11.6 Å². The first-order chi connectivity index (χ1) is 12.1. The van der Waals surface area contributed by atoms with Gasteiger partial charge in [-0.05, 0) is 24.6 Å². The van der Waals surface area contributed by atoms with Gasteiger partial charge in [-0.3, -0.25) is 9.58 Å². The number of β-amino-alcohol motifs (C(OH)–C–C–N with tert-alkyl or cyclic N) is 1. The topological polar surface area (TPSA) is 41.3 Å². The molecule has 0 spiro atoms. The number of para-hydroxylation sites is 1. The Labute approximate surface area is 144 Å². The Bertz CT molecular complexity index is 875. The van der Waals surface area contributed by atoms with Gasteiger partial charge in [-0.1, -0.05) is 24.3 Å². The lowest BCUT2D eigenvalue weighted by molar-refractivity contribution is 0.117. The Morgan fingerprint density at radius 3 is 2.68 bits per heavy atom. The molecular formula is C19H19F2N3O. The second-order valence-electron chi connectivity index (χ2n) is 6.50. The molecule has 0 aliphatic carbocycles. The number of benzene rings is 2. The molecule has 1 aromatic heterocycles. The molecule has 2 atom stereocenters. The third-order valence-electron chi connectivity index (χ3n) is 4.86. The number of nitrogens with zero attached hydrogens (tertiary/aromatic N) is 3. The minimum absolute atomic E-state index is 0.192. The summed E-state index contributed by atoms with van der Waals surface area (Å²) < 4.78 is 29.6. The van der Waals surface area contributed by atoms with E-state index in [4.69, 9.17) is 0 Å². The highest BCUT2D eigenvalue weighted by molar-refractivity contribution is 5.78. The van der Waals surface area contributed by atoms with Gasteiger partial charge in [0.15, 0.2) is 0 Å². The maximum Gasteiger partial charge on any atom is 0.131 e. The number of aliphatic hydroxyl groups excluding tert-OH is 1. The first kappa shape index (κ1) is 16.2. The number of halogens is 2. The fourth-order valence-electron chi connectivity index (χ4n) is 3.63. The van der Waals surface area contributed by atoms with Crippen molar-refractivity contribution in [2.75, 3.05) is 19.6 Å². The van der Waals surface area contributed by atoms with E-state index in [-0.39, 0.29) is 18.2 Å². The Morgan fingerprint density at radius 2 is 1.88 bits per heavy atom. The van der Waals surface area contributed by atoms with Crippen LogP contribution in [0.4, 0.5) is 8.78 Å². The van der Waals surface area contributed by atoms with Crippen LogP contribution in [0.1, 0.15) is 24.1 Å². The van der Waals surface area contributed by atoms with E-state index in [0.29, 0.717) is 6.54 Å². The second-order valence-corrected chi connectivity index (χ2v) is 6.50. The quantitative estimate of drug-likeness (QED) is 0.790. The Hall–Kier alpha value is -2.31. The molecular weight excluding hydrogens is 324 g/mol. The monoisotopic (exact) mass is 343 g/mol. The number of hydrogen-bond acceptors (Lipinski definition) is 3. The molecule has 0 saturated carbocycles. The Kier molecular flexibility index (Phi) is 4.23. The molecule has 2 unspecified atom stereocenters. The molecule has 2 aromatic carbocycles. The largest absolute Gasteiger partial charge is 0.387 e. The molecule has 6 heteroatoms. The highest BCUT2D eigenvalue weighted by Crippen LogP contribution is 2.28. The maximum absolute atomic E-state index is 13.8. The zero-order valence-corrected chi connectivity index (χ0v) is 13.6. The van der Waals surface area contributed by atoms with Crippen LogP contribution in [0.15, 0.2) is 48.7 Å². The smallest absolute Gasteiger partial charge is 0.131 e. The lowest BCUT2D eigenvalue weighted by Crippen LogP contribution is -2.28. The number of aromatic nitrogens is 2. The van der Waals surface area contributed by atoms with Crippen molar-refractivity contribution in [3.8, 4) is 0 Å². The fraction of sp³-hybridized carbons (Fsp3) is 0.316. The minimum atomic E-state index is -1.19. The Morgan fingerprint density at radius 1 is 1.12 bits per heavy atom. The minimum Gasteiger partial charge on any atom is -0.387 e. The molecule has 2 heterocycles. The normalized spacial score (nSPS) is 19.6. The van der Waals surface area contributed by atoms with E-state index in [1.165, 1.54) is 18.2 Å². The van der Waals surface area contributed by atoms with Crippen LogP contribution in [0.25, 0.3) is 10.9 Å². The number of rotatable bonds is 4. The van der Waals surface area contributed by atoms with E-state index in [2.05, 4.69) is 5.10 Å². The number of aliphatic hydroxyl groups is 1. The van der Waals surface area contributed by atoms with Gasteiger partial charge in [0.05, 0.1) is 29.4 Å². The van der Waals surface area contributed by atoms with Crippen molar-refractivity contribution in [2.45, 2.75) is 18.6 Å². The van der Waals surface area contributed by atoms with Crippen LogP contribution in [-0.4, -0.2) is 39.4 Å². The van der Waals surface area contributed by atoms with Gasteiger partial charge < -0.3 is 5.11 Å². The van der Waals surface area contributed by atoms with E-state index >= 15 is 0 Å². The molecule has 130 valence electrons. The number of likely N-dealkylation sites (tertiary alicyclic amines) is 1. The predicted octanol–water partition coefficient (Wildman–Crippen LogP) is 3.29. The van der Waals surface area contributed by atoms with Crippen molar-refractivity contribution in [1.29, 1.82) is 0 Å². The highest BCUT2D eigenvalue weighted by atomic mass is 19.1. The van der Waals surface area contributed by atoms with Crippen molar-refractivity contribution in [3.05, 3.63) is 65.9 Å². The third kappa shape index (κ3) is 3.03. The zero-order chi connectivity index (χ0) is 17.4. The SMILES string of the molecule is OC(CN1CCC(n2ncc3ccccc32)C1)c1c(F)cccc1F. The van der Waals surface area contributed by atoms with Gasteiger partial charge in [-0.25, -0.2) is 8.78 Å². The van der Waals surface area contributed by atoms with Gasteiger partial charge in [-0.15, -0.1) is 0 Å². The van der Waals surface area contributed by atoms with Crippen molar-refractivity contribution < 1.29 is 13.9 Å². The molecule has 25 heavy (non-hydrogen) atoms. The second kappa shape index (κ2) is 6.54. The summed E-state index contributed by atoms with van der Waals surface area (Å²) in [6.07, 6.45) is 1.55. The van der Waals surface area contributed by atoms with E-state index in [1.807, 2.05) is 40.0 Å². The molecule has 1 aliphatic heterocycles. The molecule has 1 saturated heterocycles. The van der Waals surface area contributed by atoms with Crippen LogP contribution >= 0.6 is 0 Å². The summed E-state index contributed by atoms with van der Waals surface area (Å²) in [5, 5.41) is 15.9. The van der Waals surface area contributed by atoms with Gasteiger partial charge in [0, 0.05) is 25.0 Å². The molecule has 1 N–H and O–H groups in total.